The van der Waals surface area contributed by atoms with Crippen molar-refractivity contribution < 1.29 is 9.84 Å². The van der Waals surface area contributed by atoms with Crippen LogP contribution in [0.4, 0.5) is 0 Å². The van der Waals surface area contributed by atoms with Gasteiger partial charge in [0.1, 0.15) is 12.4 Å². The van der Waals surface area contributed by atoms with Crippen molar-refractivity contribution in [1.29, 1.82) is 0 Å². The lowest BCUT2D eigenvalue weighted by molar-refractivity contribution is 0.200. The van der Waals surface area contributed by atoms with E-state index in [0.29, 0.717) is 6.61 Å². The molecule has 0 amide bonds. The van der Waals surface area contributed by atoms with Gasteiger partial charge in [0, 0.05) is 0 Å². The highest BCUT2D eigenvalue weighted by atomic mass is 79.9. The van der Waals surface area contributed by atoms with E-state index < -0.39 is 0 Å². The van der Waals surface area contributed by atoms with Gasteiger partial charge in [0.25, 0.3) is 0 Å². The molecule has 1 aromatic rings. The maximum absolute atomic E-state index is 8.47. The molecule has 1 radical (unpaired) electrons. The van der Waals surface area contributed by atoms with Gasteiger partial charge in [-0.25, -0.2) is 0 Å². The van der Waals surface area contributed by atoms with Crippen molar-refractivity contribution in [3.05, 3.63) is 28.7 Å². The molecule has 3 heteroatoms. The van der Waals surface area contributed by atoms with Gasteiger partial charge in [0.05, 0.1) is 11.1 Å². The molecule has 1 N–H and O–H groups in total. The predicted molar refractivity (Wildman–Crippen MR) is 45.6 cm³/mol. The zero-order chi connectivity index (χ0) is 8.10. The highest BCUT2D eigenvalue weighted by Gasteiger charge is 1.96. The van der Waals surface area contributed by atoms with E-state index in [1.54, 1.807) is 18.2 Å². The molecule has 1 aromatic carbocycles. The largest absolute Gasteiger partial charge is 0.490 e. The molecule has 0 aliphatic rings. The summed E-state index contributed by atoms with van der Waals surface area (Å²) in [6.07, 6.45) is 0. The minimum Gasteiger partial charge on any atom is -0.490 e. The molecule has 0 aliphatic heterocycles. The molecule has 0 saturated heterocycles. The van der Waals surface area contributed by atoms with E-state index in [-0.39, 0.29) is 6.61 Å². The second-order valence-corrected chi connectivity index (χ2v) is 2.78. The Kier molecular flexibility index (Phi) is 3.39. The second kappa shape index (κ2) is 4.36. The molecule has 0 aliphatic carbocycles. The number of hydrogen-bond donors (Lipinski definition) is 1. The van der Waals surface area contributed by atoms with Crippen molar-refractivity contribution in [2.75, 3.05) is 13.2 Å². The zero-order valence-corrected chi connectivity index (χ0v) is 7.47. The lowest BCUT2D eigenvalue weighted by Crippen LogP contribution is -2.01. The van der Waals surface area contributed by atoms with E-state index in [9.17, 15) is 0 Å². The van der Waals surface area contributed by atoms with Crippen LogP contribution in [0.3, 0.4) is 0 Å². The molecule has 2 nitrogen and oxygen atoms in total. The fourth-order valence-electron chi connectivity index (χ4n) is 0.668. The van der Waals surface area contributed by atoms with Crippen LogP contribution in [0, 0.1) is 6.07 Å². The molecule has 0 aromatic heterocycles. The number of halogens is 1. The van der Waals surface area contributed by atoms with Gasteiger partial charge >= 0.3 is 0 Å². The summed E-state index contributed by atoms with van der Waals surface area (Å²) in [7, 11) is 0. The average Bonchev–Trinajstić information content (AvgIpc) is 2.03. The Balaban J connectivity index is 2.62. The molecule has 0 spiro atoms. The van der Waals surface area contributed by atoms with E-state index >= 15 is 0 Å². The molecule has 0 atom stereocenters. The molecule has 0 heterocycles. The summed E-state index contributed by atoms with van der Waals surface area (Å²) in [5.41, 5.74) is 0. The molecular formula is C8H8BrO2. The van der Waals surface area contributed by atoms with E-state index in [4.69, 9.17) is 9.84 Å². The number of ether oxygens (including phenoxy) is 1. The van der Waals surface area contributed by atoms with Gasteiger partial charge in [0.2, 0.25) is 0 Å². The SMILES string of the molecule is OCCOc1cc[c]cc1Br. The van der Waals surface area contributed by atoms with Gasteiger partial charge in [-0.05, 0) is 34.1 Å². The average molecular weight is 216 g/mol. The Morgan fingerprint density at radius 2 is 2.45 bits per heavy atom. The van der Waals surface area contributed by atoms with Gasteiger partial charge in [-0.3, -0.25) is 0 Å². The van der Waals surface area contributed by atoms with Crippen LogP contribution < -0.4 is 4.74 Å². The van der Waals surface area contributed by atoms with Crippen LogP contribution in [-0.2, 0) is 0 Å². The van der Waals surface area contributed by atoms with Crippen molar-refractivity contribution in [1.82, 2.24) is 0 Å². The smallest absolute Gasteiger partial charge is 0.133 e. The molecule has 0 fully saturated rings. The van der Waals surface area contributed by atoms with Crippen LogP contribution in [-0.4, -0.2) is 18.3 Å². The van der Waals surface area contributed by atoms with Crippen LogP contribution in [0.5, 0.6) is 5.75 Å². The van der Waals surface area contributed by atoms with Gasteiger partial charge in [-0.1, -0.05) is 6.07 Å². The summed E-state index contributed by atoms with van der Waals surface area (Å²) in [6, 6.07) is 8.21. The van der Waals surface area contributed by atoms with Crippen molar-refractivity contribution in [3.63, 3.8) is 0 Å². The summed E-state index contributed by atoms with van der Waals surface area (Å²) in [5.74, 6) is 0.734. The molecule has 0 saturated carbocycles. The maximum Gasteiger partial charge on any atom is 0.133 e. The summed E-state index contributed by atoms with van der Waals surface area (Å²) in [4.78, 5) is 0. The van der Waals surface area contributed by atoms with E-state index in [1.807, 2.05) is 0 Å². The zero-order valence-electron chi connectivity index (χ0n) is 5.88. The fourth-order valence-corrected chi connectivity index (χ4v) is 1.05. The van der Waals surface area contributed by atoms with Gasteiger partial charge in [0.15, 0.2) is 0 Å². The monoisotopic (exact) mass is 215 g/mol. The predicted octanol–water partition coefficient (Wildman–Crippen LogP) is 1.62. The third-order valence-corrected chi connectivity index (χ3v) is 1.74. The van der Waals surface area contributed by atoms with Crippen LogP contribution >= 0.6 is 15.9 Å². The number of rotatable bonds is 3. The van der Waals surface area contributed by atoms with Crippen molar-refractivity contribution in [3.8, 4) is 5.75 Å². The Morgan fingerprint density at radius 3 is 3.09 bits per heavy atom. The van der Waals surface area contributed by atoms with Crippen molar-refractivity contribution >= 4 is 15.9 Å². The number of benzene rings is 1. The molecular weight excluding hydrogens is 208 g/mol. The first-order valence-corrected chi connectivity index (χ1v) is 4.03. The van der Waals surface area contributed by atoms with E-state index in [2.05, 4.69) is 22.0 Å². The fraction of sp³-hybridized carbons (Fsp3) is 0.250. The molecule has 1 rings (SSSR count). The topological polar surface area (TPSA) is 29.5 Å². The van der Waals surface area contributed by atoms with Crippen LogP contribution in [0.2, 0.25) is 0 Å². The summed E-state index contributed by atoms with van der Waals surface area (Å²) >= 11 is 3.29. The van der Waals surface area contributed by atoms with Crippen molar-refractivity contribution in [2.45, 2.75) is 0 Å². The minimum absolute atomic E-state index is 0.0328. The normalized spacial score (nSPS) is 9.64. The lowest BCUT2D eigenvalue weighted by atomic mass is 10.3. The number of aliphatic hydroxyl groups excluding tert-OH is 1. The standard InChI is InChI=1S/C8H8BrO2/c9-7-3-1-2-4-8(7)11-6-5-10/h2-4,10H,5-6H2. The van der Waals surface area contributed by atoms with Crippen LogP contribution in [0.15, 0.2) is 22.7 Å². The summed E-state index contributed by atoms with van der Waals surface area (Å²) < 4.78 is 6.02. The molecule has 0 bridgehead atoms. The highest BCUT2D eigenvalue weighted by Crippen LogP contribution is 2.22. The Bertz CT molecular complexity index is 225. The number of hydrogen-bond acceptors (Lipinski definition) is 2. The third kappa shape index (κ3) is 2.52. The first-order chi connectivity index (χ1) is 5.34. The third-order valence-electron chi connectivity index (χ3n) is 1.13. The van der Waals surface area contributed by atoms with Gasteiger partial charge in [-0.2, -0.15) is 0 Å². The van der Waals surface area contributed by atoms with Crippen LogP contribution in [0.1, 0.15) is 0 Å². The van der Waals surface area contributed by atoms with Crippen LogP contribution in [0.25, 0.3) is 0 Å². The molecule has 59 valence electrons. The van der Waals surface area contributed by atoms with Gasteiger partial charge in [-0.15, -0.1) is 0 Å². The Labute approximate surface area is 73.9 Å². The molecule has 11 heavy (non-hydrogen) atoms. The minimum atomic E-state index is 0.0328. The van der Waals surface area contributed by atoms with E-state index in [0.717, 1.165) is 10.2 Å². The summed E-state index contributed by atoms with van der Waals surface area (Å²) in [5, 5.41) is 8.47. The Morgan fingerprint density at radius 1 is 1.64 bits per heavy atom. The number of aliphatic hydroxyl groups is 1. The van der Waals surface area contributed by atoms with E-state index in [1.165, 1.54) is 0 Å². The molecule has 0 unspecified atom stereocenters. The highest BCUT2D eigenvalue weighted by molar-refractivity contribution is 9.10. The first-order valence-electron chi connectivity index (χ1n) is 3.24. The lowest BCUT2D eigenvalue weighted by Gasteiger charge is -2.04. The van der Waals surface area contributed by atoms with Crippen molar-refractivity contribution in [2.24, 2.45) is 0 Å². The maximum atomic E-state index is 8.47. The van der Waals surface area contributed by atoms with Gasteiger partial charge < -0.3 is 9.84 Å². The summed E-state index contributed by atoms with van der Waals surface area (Å²) in [6.45, 7) is 0.355. The quantitative estimate of drug-likeness (QED) is 0.831. The second-order valence-electron chi connectivity index (χ2n) is 1.93. The first kappa shape index (κ1) is 8.56. The Hall–Kier alpha value is -0.540.